The normalized spacial score (nSPS) is 17.0. The van der Waals surface area contributed by atoms with E-state index in [0.29, 0.717) is 24.2 Å². The molecule has 1 aliphatic rings. The fourth-order valence-corrected chi connectivity index (χ4v) is 3.03. The Morgan fingerprint density at radius 1 is 1.20 bits per heavy atom. The summed E-state index contributed by atoms with van der Waals surface area (Å²) in [6.07, 6.45) is 0.870. The number of aryl methyl sites for hydroxylation is 1. The van der Waals surface area contributed by atoms with Gasteiger partial charge < -0.3 is 15.0 Å². The summed E-state index contributed by atoms with van der Waals surface area (Å²) in [6.45, 7) is 3.30. The van der Waals surface area contributed by atoms with Gasteiger partial charge in [-0.15, -0.1) is 0 Å². The van der Waals surface area contributed by atoms with Crippen molar-refractivity contribution >= 4 is 11.6 Å². The van der Waals surface area contributed by atoms with Gasteiger partial charge in [-0.2, -0.15) is 4.98 Å². The molecule has 0 saturated carbocycles. The minimum absolute atomic E-state index is 0.151. The highest BCUT2D eigenvalue weighted by molar-refractivity contribution is 5.44. The number of hydrogen-bond donors (Lipinski definition) is 1. The van der Waals surface area contributed by atoms with E-state index in [9.17, 15) is 9.59 Å². The van der Waals surface area contributed by atoms with Gasteiger partial charge >= 0.3 is 11.7 Å². The van der Waals surface area contributed by atoms with E-state index < -0.39 is 0 Å². The SMILES string of the molecule is COc1nc(C)cc(N[C@H]2CCN(c3cc(=O)n(C)c(=O)n3C)C2)n1. The lowest BCUT2D eigenvalue weighted by atomic mass is 10.2. The summed E-state index contributed by atoms with van der Waals surface area (Å²) in [5.41, 5.74) is 0.193. The molecule has 0 bridgehead atoms. The van der Waals surface area contributed by atoms with Crippen molar-refractivity contribution in [3.8, 4) is 6.01 Å². The van der Waals surface area contributed by atoms with E-state index in [0.717, 1.165) is 23.2 Å². The molecule has 2 aromatic heterocycles. The monoisotopic (exact) mass is 346 g/mol. The predicted molar refractivity (Wildman–Crippen MR) is 94.5 cm³/mol. The highest BCUT2D eigenvalue weighted by Gasteiger charge is 2.25. The molecule has 1 saturated heterocycles. The van der Waals surface area contributed by atoms with Gasteiger partial charge in [-0.05, 0) is 13.3 Å². The van der Waals surface area contributed by atoms with Gasteiger partial charge in [-0.25, -0.2) is 9.78 Å². The summed E-state index contributed by atoms with van der Waals surface area (Å²) in [5, 5.41) is 3.37. The zero-order valence-corrected chi connectivity index (χ0v) is 14.8. The molecule has 9 heteroatoms. The van der Waals surface area contributed by atoms with Gasteiger partial charge in [0.05, 0.1) is 7.11 Å². The Morgan fingerprint density at radius 2 is 1.96 bits per heavy atom. The van der Waals surface area contributed by atoms with Crippen LogP contribution in [0.4, 0.5) is 11.6 Å². The standard InChI is InChI=1S/C16H22N6O3/c1-10-7-12(19-15(17-10)25-4)18-11-5-6-22(9-11)13-8-14(23)21(3)16(24)20(13)2/h7-8,11H,5-6,9H2,1-4H3,(H,17,18,19)/t11-/m0/s1. The highest BCUT2D eigenvalue weighted by atomic mass is 16.5. The number of ether oxygens (including phenoxy) is 1. The van der Waals surface area contributed by atoms with Crippen LogP contribution in [-0.2, 0) is 14.1 Å². The molecule has 9 nitrogen and oxygen atoms in total. The largest absolute Gasteiger partial charge is 0.467 e. The smallest absolute Gasteiger partial charge is 0.332 e. The summed E-state index contributed by atoms with van der Waals surface area (Å²) in [4.78, 5) is 34.5. The van der Waals surface area contributed by atoms with E-state index in [1.54, 1.807) is 7.05 Å². The molecule has 0 radical (unpaired) electrons. The summed E-state index contributed by atoms with van der Waals surface area (Å²) < 4.78 is 7.70. The fraction of sp³-hybridized carbons (Fsp3) is 0.500. The molecule has 3 rings (SSSR count). The molecule has 0 aromatic carbocycles. The Bertz CT molecular complexity index is 904. The first-order chi connectivity index (χ1) is 11.9. The molecule has 3 heterocycles. The molecule has 0 unspecified atom stereocenters. The second-order valence-electron chi connectivity index (χ2n) is 6.20. The number of aromatic nitrogens is 4. The highest BCUT2D eigenvalue weighted by Crippen LogP contribution is 2.20. The number of anilines is 2. The van der Waals surface area contributed by atoms with Crippen molar-refractivity contribution in [1.29, 1.82) is 0 Å². The van der Waals surface area contributed by atoms with E-state index in [2.05, 4.69) is 15.3 Å². The summed E-state index contributed by atoms with van der Waals surface area (Å²) in [5.74, 6) is 1.34. The Balaban J connectivity index is 1.78. The molecule has 1 atom stereocenters. The Hall–Kier alpha value is -2.84. The van der Waals surface area contributed by atoms with Crippen LogP contribution in [0.5, 0.6) is 6.01 Å². The summed E-state index contributed by atoms with van der Waals surface area (Å²) >= 11 is 0. The van der Waals surface area contributed by atoms with E-state index >= 15 is 0 Å². The first-order valence-electron chi connectivity index (χ1n) is 8.07. The van der Waals surface area contributed by atoms with Crippen molar-refractivity contribution in [2.45, 2.75) is 19.4 Å². The first kappa shape index (κ1) is 17.0. The minimum atomic E-state index is -0.324. The van der Waals surface area contributed by atoms with Gasteiger partial charge in [0.25, 0.3) is 5.56 Å². The molecule has 1 N–H and O–H groups in total. The van der Waals surface area contributed by atoms with Crippen LogP contribution in [0.1, 0.15) is 12.1 Å². The molecule has 1 aliphatic heterocycles. The average Bonchev–Trinajstić information content (AvgIpc) is 3.03. The maximum Gasteiger partial charge on any atom is 0.332 e. The van der Waals surface area contributed by atoms with Crippen LogP contribution in [-0.4, -0.2) is 45.3 Å². The number of methoxy groups -OCH3 is 1. The Labute approximate surface area is 144 Å². The topological polar surface area (TPSA) is 94.3 Å². The van der Waals surface area contributed by atoms with Crippen LogP contribution < -0.4 is 26.2 Å². The van der Waals surface area contributed by atoms with Crippen molar-refractivity contribution in [2.75, 3.05) is 30.4 Å². The van der Waals surface area contributed by atoms with E-state index in [-0.39, 0.29) is 17.3 Å². The second-order valence-corrected chi connectivity index (χ2v) is 6.20. The van der Waals surface area contributed by atoms with Crippen molar-refractivity contribution in [3.63, 3.8) is 0 Å². The number of rotatable bonds is 4. The first-order valence-corrected chi connectivity index (χ1v) is 8.07. The van der Waals surface area contributed by atoms with Crippen LogP contribution in [0.25, 0.3) is 0 Å². The van der Waals surface area contributed by atoms with E-state index in [1.807, 2.05) is 17.9 Å². The molecule has 0 spiro atoms. The summed E-state index contributed by atoms with van der Waals surface area (Å²) in [6, 6.07) is 3.84. The van der Waals surface area contributed by atoms with Gasteiger partial charge in [-0.1, -0.05) is 0 Å². The third kappa shape index (κ3) is 3.35. The van der Waals surface area contributed by atoms with Gasteiger partial charge in [0.2, 0.25) is 0 Å². The lowest BCUT2D eigenvalue weighted by molar-refractivity contribution is 0.379. The lowest BCUT2D eigenvalue weighted by Crippen LogP contribution is -2.40. The maximum atomic E-state index is 12.1. The molecular weight excluding hydrogens is 324 g/mol. The maximum absolute atomic E-state index is 12.1. The molecule has 2 aromatic rings. The van der Waals surface area contributed by atoms with Crippen LogP contribution in [0.2, 0.25) is 0 Å². The number of nitrogens with one attached hydrogen (secondary N) is 1. The van der Waals surface area contributed by atoms with Crippen LogP contribution in [0, 0.1) is 6.92 Å². The average molecular weight is 346 g/mol. The van der Waals surface area contributed by atoms with Crippen LogP contribution in [0.15, 0.2) is 21.7 Å². The molecule has 1 fully saturated rings. The van der Waals surface area contributed by atoms with Crippen molar-refractivity contribution in [2.24, 2.45) is 14.1 Å². The molecule has 0 aliphatic carbocycles. The van der Waals surface area contributed by atoms with Gasteiger partial charge in [-0.3, -0.25) is 13.9 Å². The zero-order valence-electron chi connectivity index (χ0n) is 14.8. The van der Waals surface area contributed by atoms with Crippen molar-refractivity contribution in [1.82, 2.24) is 19.1 Å². The Kier molecular flexibility index (Phi) is 4.47. The predicted octanol–water partition coefficient (Wildman–Crippen LogP) is -0.118. The van der Waals surface area contributed by atoms with Crippen LogP contribution >= 0.6 is 0 Å². The third-order valence-corrected chi connectivity index (χ3v) is 4.38. The second kappa shape index (κ2) is 6.58. The van der Waals surface area contributed by atoms with E-state index in [4.69, 9.17) is 4.74 Å². The lowest BCUT2D eigenvalue weighted by Gasteiger charge is -2.21. The quantitative estimate of drug-likeness (QED) is 0.825. The van der Waals surface area contributed by atoms with Gasteiger partial charge in [0.1, 0.15) is 11.6 Å². The minimum Gasteiger partial charge on any atom is -0.467 e. The fourth-order valence-electron chi connectivity index (χ4n) is 3.03. The van der Waals surface area contributed by atoms with Gasteiger partial charge in [0, 0.05) is 51.1 Å². The number of nitrogens with zero attached hydrogens (tertiary/aromatic N) is 5. The molecular formula is C16H22N6O3. The van der Waals surface area contributed by atoms with Crippen LogP contribution in [0.3, 0.4) is 0 Å². The van der Waals surface area contributed by atoms with Crippen molar-refractivity contribution < 1.29 is 4.74 Å². The van der Waals surface area contributed by atoms with Crippen molar-refractivity contribution in [3.05, 3.63) is 38.7 Å². The zero-order chi connectivity index (χ0) is 18.1. The Morgan fingerprint density at radius 3 is 2.68 bits per heavy atom. The molecule has 0 amide bonds. The summed E-state index contributed by atoms with van der Waals surface area (Å²) in [7, 11) is 4.69. The molecule has 134 valence electrons. The molecule has 25 heavy (non-hydrogen) atoms. The van der Waals surface area contributed by atoms with Gasteiger partial charge in [0.15, 0.2) is 0 Å². The van der Waals surface area contributed by atoms with E-state index in [1.165, 1.54) is 24.8 Å². The third-order valence-electron chi connectivity index (χ3n) is 4.38. The number of hydrogen-bond acceptors (Lipinski definition) is 7.